The number of benzene rings is 1. The van der Waals surface area contributed by atoms with Crippen molar-refractivity contribution in [1.29, 1.82) is 0 Å². The lowest BCUT2D eigenvalue weighted by molar-refractivity contribution is 0.153. The number of hydrogen-bond acceptors (Lipinski definition) is 4. The van der Waals surface area contributed by atoms with Crippen LogP contribution in [0.15, 0.2) is 23.2 Å². The first-order valence-electron chi connectivity index (χ1n) is 5.88. The molecule has 106 valence electrons. The van der Waals surface area contributed by atoms with E-state index in [4.69, 9.17) is 15.2 Å². The average molecular weight is 394 g/mol. The predicted octanol–water partition coefficient (Wildman–Crippen LogP) is 2.74. The van der Waals surface area contributed by atoms with Crippen LogP contribution in [0.4, 0.5) is 5.69 Å². The number of nitrogens with zero attached hydrogens (tertiary/aromatic N) is 1. The highest BCUT2D eigenvalue weighted by Gasteiger charge is 2.18. The molecule has 2 rings (SSSR count). The summed E-state index contributed by atoms with van der Waals surface area (Å²) in [6, 6.07) is 5.77. The van der Waals surface area contributed by atoms with Gasteiger partial charge in [0.15, 0.2) is 0 Å². The molecule has 0 spiro atoms. The van der Waals surface area contributed by atoms with Gasteiger partial charge in [-0.1, -0.05) is 0 Å². The molecule has 6 heteroatoms. The van der Waals surface area contributed by atoms with E-state index >= 15 is 0 Å². The van der Waals surface area contributed by atoms with Gasteiger partial charge in [-0.15, -0.1) is 35.7 Å². The standard InChI is InChI=1S/C13H18N2O2S.HI/c1-9-7-10(16-2)3-4-11(9)15-13(14)12-8-17-5-6-18-12;/h3-4,7,12H,5-6,8H2,1-2H3,(H2,14,15);1H. The van der Waals surface area contributed by atoms with E-state index in [1.54, 1.807) is 18.9 Å². The van der Waals surface area contributed by atoms with E-state index in [0.29, 0.717) is 12.4 Å². The summed E-state index contributed by atoms with van der Waals surface area (Å²) in [6.45, 7) is 3.45. The molecule has 1 aromatic rings. The Morgan fingerprint density at radius 3 is 2.89 bits per heavy atom. The van der Waals surface area contributed by atoms with Gasteiger partial charge < -0.3 is 15.2 Å². The summed E-state index contributed by atoms with van der Waals surface area (Å²) < 4.78 is 10.6. The molecule has 4 nitrogen and oxygen atoms in total. The summed E-state index contributed by atoms with van der Waals surface area (Å²) in [4.78, 5) is 4.50. The molecule has 1 aliphatic rings. The zero-order valence-corrected chi connectivity index (χ0v) is 14.2. The van der Waals surface area contributed by atoms with Crippen molar-refractivity contribution in [2.24, 2.45) is 10.7 Å². The molecule has 1 heterocycles. The molecule has 1 aromatic carbocycles. The number of methoxy groups -OCH3 is 1. The monoisotopic (exact) mass is 394 g/mol. The first-order chi connectivity index (χ1) is 8.70. The topological polar surface area (TPSA) is 56.8 Å². The second-order valence-corrected chi connectivity index (χ2v) is 5.43. The van der Waals surface area contributed by atoms with Crippen LogP contribution in [0, 0.1) is 6.92 Å². The van der Waals surface area contributed by atoms with Gasteiger partial charge in [0.25, 0.3) is 0 Å². The second kappa shape index (κ2) is 7.96. The lowest BCUT2D eigenvalue weighted by Gasteiger charge is -2.21. The predicted molar refractivity (Wildman–Crippen MR) is 91.5 cm³/mol. The molecule has 19 heavy (non-hydrogen) atoms. The molecule has 0 aliphatic carbocycles. The number of aliphatic imine (C=N–C) groups is 1. The summed E-state index contributed by atoms with van der Waals surface area (Å²) in [6.07, 6.45) is 0. The minimum absolute atomic E-state index is 0. The number of amidine groups is 1. The Balaban J connectivity index is 0.00000180. The Bertz CT molecular complexity index is 448. The minimum atomic E-state index is 0. The lowest BCUT2D eigenvalue weighted by atomic mass is 10.2. The molecule has 1 atom stereocenters. The number of hydrogen-bond donors (Lipinski definition) is 1. The van der Waals surface area contributed by atoms with Crippen molar-refractivity contribution in [3.05, 3.63) is 23.8 Å². The van der Waals surface area contributed by atoms with Gasteiger partial charge in [-0.2, -0.15) is 0 Å². The number of ether oxygens (including phenoxy) is 2. The molecule has 0 bridgehead atoms. The van der Waals surface area contributed by atoms with Gasteiger partial charge in [-0.25, -0.2) is 4.99 Å². The maximum absolute atomic E-state index is 6.04. The number of halogens is 1. The van der Waals surface area contributed by atoms with E-state index < -0.39 is 0 Å². The lowest BCUT2D eigenvalue weighted by Crippen LogP contribution is -2.34. The average Bonchev–Trinajstić information content (AvgIpc) is 2.42. The number of nitrogens with two attached hydrogens (primary N) is 1. The molecule has 1 unspecified atom stereocenters. The zero-order valence-electron chi connectivity index (χ0n) is 11.1. The van der Waals surface area contributed by atoms with E-state index in [1.165, 1.54) is 0 Å². The third kappa shape index (κ3) is 4.54. The highest BCUT2D eigenvalue weighted by atomic mass is 127. The van der Waals surface area contributed by atoms with Crippen molar-refractivity contribution in [3.8, 4) is 5.75 Å². The van der Waals surface area contributed by atoms with Crippen molar-refractivity contribution < 1.29 is 9.47 Å². The number of aryl methyl sites for hydroxylation is 1. The van der Waals surface area contributed by atoms with Crippen LogP contribution < -0.4 is 10.5 Å². The van der Waals surface area contributed by atoms with Gasteiger partial charge in [0.1, 0.15) is 11.6 Å². The quantitative estimate of drug-likeness (QED) is 0.487. The number of thioether (sulfide) groups is 1. The van der Waals surface area contributed by atoms with Crippen LogP contribution in [0.25, 0.3) is 0 Å². The largest absolute Gasteiger partial charge is 0.497 e. The second-order valence-electron chi connectivity index (χ2n) is 4.12. The van der Waals surface area contributed by atoms with Crippen LogP contribution in [0.5, 0.6) is 5.75 Å². The molecule has 0 amide bonds. The Kier molecular flexibility index (Phi) is 6.95. The fourth-order valence-electron chi connectivity index (χ4n) is 1.75. The van der Waals surface area contributed by atoms with Gasteiger partial charge in [0.05, 0.1) is 31.3 Å². The van der Waals surface area contributed by atoms with E-state index in [0.717, 1.165) is 29.4 Å². The van der Waals surface area contributed by atoms with Gasteiger partial charge in [0, 0.05) is 5.75 Å². The molecule has 2 N–H and O–H groups in total. The molecule has 1 aliphatic heterocycles. The molecule has 0 aromatic heterocycles. The van der Waals surface area contributed by atoms with Crippen LogP contribution in [0.1, 0.15) is 5.56 Å². The molecule has 1 fully saturated rings. The summed E-state index contributed by atoms with van der Waals surface area (Å²) in [5.41, 5.74) is 7.98. The number of rotatable bonds is 3. The van der Waals surface area contributed by atoms with Crippen LogP contribution >= 0.6 is 35.7 Å². The van der Waals surface area contributed by atoms with E-state index in [2.05, 4.69) is 4.99 Å². The van der Waals surface area contributed by atoms with Gasteiger partial charge in [-0.3, -0.25) is 0 Å². The van der Waals surface area contributed by atoms with Gasteiger partial charge in [0.2, 0.25) is 0 Å². The van der Waals surface area contributed by atoms with Crippen LogP contribution in [-0.4, -0.2) is 37.2 Å². The third-order valence-corrected chi connectivity index (χ3v) is 3.98. The van der Waals surface area contributed by atoms with E-state index in [1.807, 2.05) is 25.1 Å². The van der Waals surface area contributed by atoms with Crippen molar-refractivity contribution in [3.63, 3.8) is 0 Å². The third-order valence-electron chi connectivity index (χ3n) is 2.80. The summed E-state index contributed by atoms with van der Waals surface area (Å²) >= 11 is 1.80. The highest BCUT2D eigenvalue weighted by Crippen LogP contribution is 2.25. The Morgan fingerprint density at radius 1 is 1.53 bits per heavy atom. The molecular formula is C13H19IN2O2S. The maximum atomic E-state index is 6.04. The van der Waals surface area contributed by atoms with E-state index in [-0.39, 0.29) is 29.2 Å². The van der Waals surface area contributed by atoms with Crippen LogP contribution in [0.2, 0.25) is 0 Å². The normalized spacial score (nSPS) is 19.7. The van der Waals surface area contributed by atoms with Crippen LogP contribution in [-0.2, 0) is 4.74 Å². The van der Waals surface area contributed by atoms with Crippen molar-refractivity contribution in [1.82, 2.24) is 0 Å². The Labute approximate surface area is 135 Å². The highest BCUT2D eigenvalue weighted by molar-refractivity contribution is 14.0. The van der Waals surface area contributed by atoms with E-state index in [9.17, 15) is 0 Å². The van der Waals surface area contributed by atoms with Gasteiger partial charge in [-0.05, 0) is 30.7 Å². The molecular weight excluding hydrogens is 375 g/mol. The zero-order chi connectivity index (χ0) is 13.0. The SMILES string of the molecule is COc1ccc(N=C(N)C2COCCS2)c(C)c1.I. The maximum Gasteiger partial charge on any atom is 0.119 e. The van der Waals surface area contributed by atoms with Crippen LogP contribution in [0.3, 0.4) is 0 Å². The molecule has 1 saturated heterocycles. The minimum Gasteiger partial charge on any atom is -0.497 e. The first-order valence-corrected chi connectivity index (χ1v) is 6.93. The van der Waals surface area contributed by atoms with Crippen molar-refractivity contribution in [2.45, 2.75) is 12.2 Å². The smallest absolute Gasteiger partial charge is 0.119 e. The first kappa shape index (κ1) is 16.6. The van der Waals surface area contributed by atoms with Gasteiger partial charge >= 0.3 is 0 Å². The van der Waals surface area contributed by atoms with Crippen molar-refractivity contribution >= 4 is 47.3 Å². The Hall–Kier alpha value is -0.470. The Morgan fingerprint density at radius 2 is 2.32 bits per heavy atom. The summed E-state index contributed by atoms with van der Waals surface area (Å²) in [5.74, 6) is 2.44. The molecule has 0 saturated carbocycles. The summed E-state index contributed by atoms with van der Waals surface area (Å²) in [5, 5.41) is 0.167. The summed E-state index contributed by atoms with van der Waals surface area (Å²) in [7, 11) is 1.65. The molecule has 0 radical (unpaired) electrons. The fraction of sp³-hybridized carbons (Fsp3) is 0.462. The fourth-order valence-corrected chi connectivity index (χ4v) is 2.66. The van der Waals surface area contributed by atoms with Crippen molar-refractivity contribution in [2.75, 3.05) is 26.1 Å².